The summed E-state index contributed by atoms with van der Waals surface area (Å²) in [6.07, 6.45) is -0.821. The lowest BCUT2D eigenvalue weighted by Gasteiger charge is -2.39. The van der Waals surface area contributed by atoms with Crippen molar-refractivity contribution in [3.63, 3.8) is 0 Å². The molecule has 0 spiro atoms. The molecule has 2 unspecified atom stereocenters. The van der Waals surface area contributed by atoms with E-state index in [4.69, 9.17) is 0 Å². The second-order valence-corrected chi connectivity index (χ2v) is 5.03. The van der Waals surface area contributed by atoms with Crippen LogP contribution in [0.1, 0.15) is 27.7 Å². The zero-order valence-electron chi connectivity index (χ0n) is 9.37. The molecule has 4 heteroatoms. The molecule has 1 rings (SSSR count). The molecular weight excluding hydrogens is 180 g/mol. The predicted molar refractivity (Wildman–Crippen MR) is 55.4 cm³/mol. The van der Waals surface area contributed by atoms with E-state index in [0.29, 0.717) is 5.92 Å². The lowest BCUT2D eigenvalue weighted by Crippen LogP contribution is -2.53. The Balaban J connectivity index is 2.83. The Morgan fingerprint density at radius 1 is 1.43 bits per heavy atom. The van der Waals surface area contributed by atoms with Crippen LogP contribution < -0.4 is 5.32 Å². The molecule has 2 atom stereocenters. The molecule has 0 aromatic rings. The second-order valence-electron chi connectivity index (χ2n) is 5.03. The average molecular weight is 200 g/mol. The van der Waals surface area contributed by atoms with E-state index in [9.17, 15) is 9.90 Å². The predicted octanol–water partition coefficient (Wildman–Crippen LogP) is 1.37. The number of hydrogen-bond donors (Lipinski definition) is 2. The average Bonchev–Trinajstić information content (AvgIpc) is 2.32. The second kappa shape index (κ2) is 3.77. The summed E-state index contributed by atoms with van der Waals surface area (Å²) in [6.45, 7) is 9.58. The minimum absolute atomic E-state index is 0.104. The fraction of sp³-hybridized carbons (Fsp3) is 0.900. The Morgan fingerprint density at radius 2 is 2.00 bits per heavy atom. The lowest BCUT2D eigenvalue weighted by atomic mass is 9.98. The third-order valence-electron chi connectivity index (χ3n) is 2.74. The molecule has 1 aliphatic heterocycles. The van der Waals surface area contributed by atoms with Gasteiger partial charge in [-0.15, -0.1) is 0 Å². The normalized spacial score (nSPS) is 27.7. The van der Waals surface area contributed by atoms with Crippen LogP contribution in [0.25, 0.3) is 0 Å². The Labute approximate surface area is 85.3 Å². The van der Waals surface area contributed by atoms with E-state index in [-0.39, 0.29) is 11.6 Å². The maximum Gasteiger partial charge on any atom is 0.408 e. The lowest BCUT2D eigenvalue weighted by molar-refractivity contribution is 0.0644. The largest absolute Gasteiger partial charge is 0.465 e. The van der Waals surface area contributed by atoms with Gasteiger partial charge in [-0.3, -0.25) is 4.90 Å². The van der Waals surface area contributed by atoms with E-state index in [2.05, 4.69) is 12.2 Å². The van der Waals surface area contributed by atoms with E-state index < -0.39 is 6.09 Å². The first kappa shape index (κ1) is 11.3. The van der Waals surface area contributed by atoms with Crippen molar-refractivity contribution in [3.05, 3.63) is 0 Å². The monoisotopic (exact) mass is 200 g/mol. The van der Waals surface area contributed by atoms with E-state index in [0.717, 1.165) is 13.1 Å². The van der Waals surface area contributed by atoms with Crippen molar-refractivity contribution in [2.75, 3.05) is 13.1 Å². The third-order valence-corrected chi connectivity index (χ3v) is 2.74. The van der Waals surface area contributed by atoms with Gasteiger partial charge in [0.05, 0.1) is 6.04 Å². The van der Waals surface area contributed by atoms with Gasteiger partial charge in [-0.25, -0.2) is 4.79 Å². The standard InChI is InChI=1S/C10H20N2O2/c1-7-5-11-6-8(7)12(9(13)14)10(2,3)4/h7-8,11H,5-6H2,1-4H3,(H,13,14). The fourth-order valence-electron chi connectivity index (χ4n) is 2.07. The summed E-state index contributed by atoms with van der Waals surface area (Å²) in [4.78, 5) is 12.7. The van der Waals surface area contributed by atoms with Crippen LogP contribution >= 0.6 is 0 Å². The molecule has 1 aliphatic rings. The fourth-order valence-corrected chi connectivity index (χ4v) is 2.07. The SMILES string of the molecule is CC1CNCC1N(C(=O)O)C(C)(C)C. The van der Waals surface area contributed by atoms with Crippen LogP contribution in [0.15, 0.2) is 0 Å². The van der Waals surface area contributed by atoms with Crippen LogP contribution in [-0.4, -0.2) is 40.8 Å². The molecule has 4 nitrogen and oxygen atoms in total. The highest BCUT2D eigenvalue weighted by Gasteiger charge is 2.38. The van der Waals surface area contributed by atoms with Gasteiger partial charge in [-0.1, -0.05) is 6.92 Å². The summed E-state index contributed by atoms with van der Waals surface area (Å²) < 4.78 is 0. The molecule has 0 radical (unpaired) electrons. The van der Waals surface area contributed by atoms with Gasteiger partial charge in [-0.05, 0) is 33.2 Å². The topological polar surface area (TPSA) is 52.6 Å². The van der Waals surface area contributed by atoms with Crippen molar-refractivity contribution in [1.29, 1.82) is 0 Å². The van der Waals surface area contributed by atoms with Crippen LogP contribution in [-0.2, 0) is 0 Å². The van der Waals surface area contributed by atoms with Crippen molar-refractivity contribution in [2.24, 2.45) is 5.92 Å². The Hall–Kier alpha value is -0.770. The van der Waals surface area contributed by atoms with Gasteiger partial charge in [-0.2, -0.15) is 0 Å². The Kier molecular flexibility index (Phi) is 3.04. The molecule has 82 valence electrons. The first-order chi connectivity index (χ1) is 6.34. The van der Waals surface area contributed by atoms with Crippen LogP contribution in [0.5, 0.6) is 0 Å². The third kappa shape index (κ3) is 2.18. The molecule has 1 heterocycles. The van der Waals surface area contributed by atoms with Crippen LogP contribution in [0.3, 0.4) is 0 Å². The number of carbonyl (C=O) groups is 1. The summed E-state index contributed by atoms with van der Waals surface area (Å²) in [6, 6.07) is 0.104. The molecule has 1 fully saturated rings. The number of rotatable bonds is 1. The summed E-state index contributed by atoms with van der Waals surface area (Å²) in [5.41, 5.74) is -0.323. The number of nitrogens with one attached hydrogen (secondary N) is 1. The van der Waals surface area contributed by atoms with Crippen LogP contribution in [0.4, 0.5) is 4.79 Å². The van der Waals surface area contributed by atoms with Crippen molar-refractivity contribution in [2.45, 2.75) is 39.3 Å². The minimum Gasteiger partial charge on any atom is -0.465 e. The van der Waals surface area contributed by atoms with Gasteiger partial charge >= 0.3 is 6.09 Å². The molecule has 1 saturated heterocycles. The van der Waals surface area contributed by atoms with Gasteiger partial charge in [0.15, 0.2) is 0 Å². The van der Waals surface area contributed by atoms with Crippen molar-refractivity contribution in [3.8, 4) is 0 Å². The van der Waals surface area contributed by atoms with Gasteiger partial charge in [0.2, 0.25) is 0 Å². The highest BCUT2D eigenvalue weighted by molar-refractivity contribution is 5.66. The number of nitrogens with zero attached hydrogens (tertiary/aromatic N) is 1. The summed E-state index contributed by atoms with van der Waals surface area (Å²) in [5.74, 6) is 0.394. The Bertz CT molecular complexity index is 223. The molecule has 2 N–H and O–H groups in total. The minimum atomic E-state index is -0.821. The van der Waals surface area contributed by atoms with E-state index in [1.807, 2.05) is 20.8 Å². The molecule has 1 amide bonds. The number of carboxylic acid groups (broad SMARTS) is 1. The van der Waals surface area contributed by atoms with Gasteiger partial charge < -0.3 is 10.4 Å². The quantitative estimate of drug-likeness (QED) is 0.672. The number of amides is 1. The van der Waals surface area contributed by atoms with Crippen molar-refractivity contribution < 1.29 is 9.90 Å². The molecule has 0 aromatic heterocycles. The van der Waals surface area contributed by atoms with Crippen LogP contribution in [0.2, 0.25) is 0 Å². The molecular formula is C10H20N2O2. The molecule has 0 bridgehead atoms. The molecule has 0 aliphatic carbocycles. The zero-order chi connectivity index (χ0) is 10.9. The summed E-state index contributed by atoms with van der Waals surface area (Å²) >= 11 is 0. The highest BCUT2D eigenvalue weighted by atomic mass is 16.4. The first-order valence-corrected chi connectivity index (χ1v) is 5.07. The van der Waals surface area contributed by atoms with Gasteiger partial charge in [0, 0.05) is 12.1 Å². The summed E-state index contributed by atoms with van der Waals surface area (Å²) in [7, 11) is 0. The van der Waals surface area contributed by atoms with E-state index in [1.54, 1.807) is 4.90 Å². The smallest absolute Gasteiger partial charge is 0.408 e. The maximum absolute atomic E-state index is 11.2. The zero-order valence-corrected chi connectivity index (χ0v) is 9.37. The first-order valence-electron chi connectivity index (χ1n) is 5.07. The van der Waals surface area contributed by atoms with Crippen LogP contribution in [0, 0.1) is 5.92 Å². The van der Waals surface area contributed by atoms with Crippen molar-refractivity contribution >= 4 is 6.09 Å². The highest BCUT2D eigenvalue weighted by Crippen LogP contribution is 2.24. The van der Waals surface area contributed by atoms with Crippen molar-refractivity contribution in [1.82, 2.24) is 10.2 Å². The van der Waals surface area contributed by atoms with E-state index in [1.165, 1.54) is 0 Å². The molecule has 0 saturated carbocycles. The van der Waals surface area contributed by atoms with E-state index >= 15 is 0 Å². The maximum atomic E-state index is 11.2. The summed E-state index contributed by atoms with van der Waals surface area (Å²) in [5, 5.41) is 12.4. The van der Waals surface area contributed by atoms with Gasteiger partial charge in [0.25, 0.3) is 0 Å². The van der Waals surface area contributed by atoms with Gasteiger partial charge in [0.1, 0.15) is 0 Å². The number of hydrogen-bond acceptors (Lipinski definition) is 2. The molecule has 0 aromatic carbocycles. The molecule has 14 heavy (non-hydrogen) atoms. The Morgan fingerprint density at radius 3 is 2.29 bits per heavy atom.